The molecule has 0 heterocycles. The first-order valence-corrected chi connectivity index (χ1v) is 3.28. The minimum Gasteiger partial charge on any atom is -1.00 e. The van der Waals surface area contributed by atoms with Gasteiger partial charge in [0, 0.05) is 0 Å². The van der Waals surface area contributed by atoms with E-state index in [4.69, 9.17) is 15.9 Å². The van der Waals surface area contributed by atoms with Gasteiger partial charge in [0.15, 0.2) is 0 Å². The monoisotopic (exact) mass is 263 g/mol. The van der Waals surface area contributed by atoms with Crippen molar-refractivity contribution in [3.63, 3.8) is 0 Å². The fourth-order valence-electron chi connectivity index (χ4n) is 0.430. The van der Waals surface area contributed by atoms with Crippen molar-refractivity contribution in [2.45, 2.75) is 19.1 Å². The van der Waals surface area contributed by atoms with Crippen LogP contribution in [0.4, 0.5) is 0 Å². The summed E-state index contributed by atoms with van der Waals surface area (Å²) >= 11 is 0. The molecule has 7 nitrogen and oxygen atoms in total. The van der Waals surface area contributed by atoms with E-state index in [9.17, 15) is 14.4 Å². The van der Waals surface area contributed by atoms with Crippen molar-refractivity contribution in [3.05, 3.63) is 0 Å². The summed E-state index contributed by atoms with van der Waals surface area (Å²) < 4.78 is 4.07. The van der Waals surface area contributed by atoms with Crippen LogP contribution in [0, 0.1) is 0 Å². The maximum absolute atomic E-state index is 10.7. The Hall–Kier alpha value is 1.37. The molecule has 0 aromatic heterocycles. The van der Waals surface area contributed by atoms with Gasteiger partial charge in [0.25, 0.3) is 6.10 Å². The van der Waals surface area contributed by atoms with Crippen LogP contribution in [-0.2, 0) is 19.1 Å². The van der Waals surface area contributed by atoms with Crippen molar-refractivity contribution >= 4 is 17.9 Å². The number of rotatable bonds is 4. The molecule has 0 saturated heterocycles. The Labute approximate surface area is 163 Å². The molecule has 0 rings (SSSR count). The molecule has 0 unspecified atom stereocenters. The van der Waals surface area contributed by atoms with Crippen molar-refractivity contribution < 1.29 is 122 Å². The number of esters is 1. The van der Waals surface area contributed by atoms with Crippen molar-refractivity contribution in [2.24, 2.45) is 5.73 Å². The van der Waals surface area contributed by atoms with Gasteiger partial charge >= 0.3 is 107 Å². The van der Waals surface area contributed by atoms with Crippen LogP contribution in [0.2, 0.25) is 0 Å². The van der Waals surface area contributed by atoms with Gasteiger partial charge in [0.05, 0.1) is 0 Å². The number of carboxylic acids is 2. The molecular weight excluding hydrogens is 251 g/mol. The van der Waals surface area contributed by atoms with E-state index in [-0.39, 0.29) is 93.0 Å². The Kier molecular flexibility index (Phi) is 20.9. The molecule has 0 aromatic rings. The molecule has 0 saturated carbocycles. The van der Waals surface area contributed by atoms with Crippen LogP contribution >= 0.6 is 0 Å². The largest absolute Gasteiger partial charge is 1.00 e. The zero-order valence-electron chi connectivity index (χ0n) is 12.8. The second kappa shape index (κ2) is 12.8. The molecule has 0 aliphatic heterocycles. The average Bonchev–Trinajstić information content (AvgIpc) is 1.97. The maximum atomic E-state index is 10.7. The number of hydrogen-bond donors (Lipinski definition) is 3. The standard InChI is InChI=1S/C6H9NO6.3Na.3H/c1-2(7)6(12)13-3(4(8)9)5(10)11;;;;;;/h2-3H,7H2,1H3,(H,8,9)(H,10,11);;;;;;/q;3*+1;3*-1/t2-;;;;;;/m0....../s1. The molecule has 80 valence electrons. The van der Waals surface area contributed by atoms with E-state index < -0.39 is 30.1 Å². The van der Waals surface area contributed by atoms with E-state index in [1.54, 1.807) is 0 Å². The quantitative estimate of drug-likeness (QED) is 0.261. The van der Waals surface area contributed by atoms with Crippen molar-refractivity contribution in [3.8, 4) is 0 Å². The smallest absolute Gasteiger partial charge is 1.00 e. The van der Waals surface area contributed by atoms with Gasteiger partial charge in [0.2, 0.25) is 0 Å². The third-order valence-corrected chi connectivity index (χ3v) is 1.05. The van der Waals surface area contributed by atoms with Gasteiger partial charge in [-0.25, -0.2) is 9.59 Å². The summed E-state index contributed by atoms with van der Waals surface area (Å²) in [5.74, 6) is -4.57. The molecule has 16 heavy (non-hydrogen) atoms. The zero-order valence-corrected chi connectivity index (χ0v) is 15.8. The third-order valence-electron chi connectivity index (χ3n) is 1.05. The molecule has 0 aliphatic carbocycles. The average molecular weight is 263 g/mol. The number of carbonyl (C=O) groups excluding carboxylic acids is 1. The van der Waals surface area contributed by atoms with Crippen LogP contribution in [0.15, 0.2) is 0 Å². The van der Waals surface area contributed by atoms with Gasteiger partial charge in [-0.15, -0.1) is 0 Å². The number of aliphatic carboxylic acids is 2. The topological polar surface area (TPSA) is 127 Å². The van der Waals surface area contributed by atoms with Crippen molar-refractivity contribution in [1.82, 2.24) is 0 Å². The molecule has 4 N–H and O–H groups in total. The number of carbonyl (C=O) groups is 3. The summed E-state index contributed by atoms with van der Waals surface area (Å²) in [5.41, 5.74) is 5.02. The van der Waals surface area contributed by atoms with Gasteiger partial charge < -0.3 is 25.0 Å². The molecule has 1 atom stereocenters. The first-order valence-electron chi connectivity index (χ1n) is 3.28. The minimum absolute atomic E-state index is 0. The fraction of sp³-hybridized carbons (Fsp3) is 0.500. The van der Waals surface area contributed by atoms with Gasteiger partial charge in [-0.1, -0.05) is 0 Å². The van der Waals surface area contributed by atoms with Crippen molar-refractivity contribution in [2.75, 3.05) is 0 Å². The Morgan fingerprint density at radius 1 is 1.12 bits per heavy atom. The zero-order chi connectivity index (χ0) is 10.6. The van der Waals surface area contributed by atoms with E-state index in [0.717, 1.165) is 0 Å². The fourth-order valence-corrected chi connectivity index (χ4v) is 0.430. The first kappa shape index (κ1) is 26.0. The van der Waals surface area contributed by atoms with Crippen LogP contribution in [0.1, 0.15) is 11.2 Å². The maximum Gasteiger partial charge on any atom is 1.00 e. The van der Waals surface area contributed by atoms with E-state index in [1.807, 2.05) is 0 Å². The predicted molar refractivity (Wildman–Crippen MR) is 42.1 cm³/mol. The molecule has 0 bridgehead atoms. The number of ether oxygens (including phenoxy) is 1. The molecule has 0 aromatic carbocycles. The predicted octanol–water partition coefficient (Wildman–Crippen LogP) is -10.2. The van der Waals surface area contributed by atoms with E-state index in [2.05, 4.69) is 4.74 Å². The van der Waals surface area contributed by atoms with Crippen LogP contribution in [0.5, 0.6) is 0 Å². The second-order valence-corrected chi connectivity index (χ2v) is 2.28. The summed E-state index contributed by atoms with van der Waals surface area (Å²) in [5, 5.41) is 16.6. The van der Waals surface area contributed by atoms with E-state index in [0.29, 0.717) is 0 Å². The van der Waals surface area contributed by atoms with Crippen LogP contribution < -0.4 is 94.4 Å². The van der Waals surface area contributed by atoms with Gasteiger partial charge in [-0.2, -0.15) is 0 Å². The summed E-state index contributed by atoms with van der Waals surface area (Å²) in [7, 11) is 0. The number of nitrogens with two attached hydrogens (primary N) is 1. The molecular formula is C6H12NNa3O6. The summed E-state index contributed by atoms with van der Waals surface area (Å²) in [4.78, 5) is 31.1. The van der Waals surface area contributed by atoms with Crippen LogP contribution in [0.25, 0.3) is 0 Å². The van der Waals surface area contributed by atoms with Crippen molar-refractivity contribution in [1.29, 1.82) is 0 Å². The first-order chi connectivity index (χ1) is 5.86. The summed E-state index contributed by atoms with van der Waals surface area (Å²) in [6.07, 6.45) is -2.20. The molecule has 0 aliphatic rings. The van der Waals surface area contributed by atoms with Gasteiger partial charge in [0.1, 0.15) is 6.04 Å². The number of carboxylic acid groups (broad SMARTS) is 2. The molecule has 0 radical (unpaired) electrons. The third kappa shape index (κ3) is 10.5. The SMILES string of the molecule is C[C@H](N)C(=O)OC(C(=O)O)C(=O)O.[H-].[H-].[H-].[Na+].[Na+].[Na+]. The summed E-state index contributed by atoms with van der Waals surface area (Å²) in [6, 6.07) is -1.05. The Balaban J connectivity index is -0.0000000480. The van der Waals surface area contributed by atoms with Crippen LogP contribution in [0.3, 0.4) is 0 Å². The Morgan fingerprint density at radius 3 is 1.62 bits per heavy atom. The van der Waals surface area contributed by atoms with Crippen LogP contribution in [-0.4, -0.2) is 40.3 Å². The molecule has 0 amide bonds. The Morgan fingerprint density at radius 2 is 1.44 bits per heavy atom. The van der Waals surface area contributed by atoms with Gasteiger partial charge in [-0.05, 0) is 6.92 Å². The molecule has 0 spiro atoms. The number of hydrogen-bond acceptors (Lipinski definition) is 5. The van der Waals surface area contributed by atoms with E-state index in [1.165, 1.54) is 6.92 Å². The summed E-state index contributed by atoms with van der Waals surface area (Å²) in [6.45, 7) is 1.25. The normalized spacial score (nSPS) is 9.94. The van der Waals surface area contributed by atoms with Gasteiger partial charge in [-0.3, -0.25) is 4.79 Å². The second-order valence-electron chi connectivity index (χ2n) is 2.28. The minimum atomic E-state index is -2.20. The molecule has 0 fully saturated rings. The van der Waals surface area contributed by atoms with E-state index >= 15 is 0 Å². The Bertz CT molecular complexity index is 244. The molecule has 10 heteroatoms.